The highest BCUT2D eigenvalue weighted by Gasteiger charge is 2.53. The topological polar surface area (TPSA) is 158 Å². The monoisotopic (exact) mass is 631 g/mol. The summed E-state index contributed by atoms with van der Waals surface area (Å²) in [6.07, 6.45) is 0.159. The van der Waals surface area contributed by atoms with Crippen LogP contribution in [0.1, 0.15) is 65.9 Å². The van der Waals surface area contributed by atoms with Crippen molar-refractivity contribution in [1.29, 1.82) is 0 Å². The van der Waals surface area contributed by atoms with Crippen molar-refractivity contribution in [3.8, 4) is 5.75 Å². The van der Waals surface area contributed by atoms with Gasteiger partial charge >= 0.3 is 17.9 Å². The molecule has 1 aromatic rings. The van der Waals surface area contributed by atoms with Crippen molar-refractivity contribution in [3.05, 3.63) is 29.8 Å². The number of benzene rings is 1. The van der Waals surface area contributed by atoms with Crippen molar-refractivity contribution in [2.45, 2.75) is 96.6 Å². The first-order valence-electron chi connectivity index (χ1n) is 15.2. The summed E-state index contributed by atoms with van der Waals surface area (Å²) in [6, 6.07) is 4.97. The van der Waals surface area contributed by atoms with E-state index in [1.807, 2.05) is 0 Å². The first-order chi connectivity index (χ1) is 21.2. The van der Waals surface area contributed by atoms with Gasteiger partial charge in [-0.25, -0.2) is 4.79 Å². The maximum absolute atomic E-state index is 14.4. The molecule has 0 spiro atoms. The molecule has 3 amide bonds. The molecule has 248 valence electrons. The number of carbonyl (C=O) groups is 6. The van der Waals surface area contributed by atoms with Gasteiger partial charge in [0.2, 0.25) is 17.7 Å². The Morgan fingerprint density at radius 3 is 2.11 bits per heavy atom. The van der Waals surface area contributed by atoms with Crippen molar-refractivity contribution in [2.24, 2.45) is 5.92 Å². The van der Waals surface area contributed by atoms with Gasteiger partial charge < -0.3 is 34.1 Å². The fraction of sp³-hybridized carbons (Fsp3) is 0.625. The van der Waals surface area contributed by atoms with Crippen LogP contribution >= 0.6 is 0 Å². The number of amides is 3. The van der Waals surface area contributed by atoms with E-state index in [1.165, 1.54) is 30.6 Å². The van der Waals surface area contributed by atoms with Crippen LogP contribution in [-0.2, 0) is 49.4 Å². The van der Waals surface area contributed by atoms with Crippen molar-refractivity contribution in [1.82, 2.24) is 15.1 Å². The summed E-state index contributed by atoms with van der Waals surface area (Å²) in [6.45, 7) is 7.83. The zero-order chi connectivity index (χ0) is 33.5. The number of ether oxygens (including phenoxy) is 4. The molecule has 3 rings (SSSR count). The summed E-state index contributed by atoms with van der Waals surface area (Å²) >= 11 is 0. The van der Waals surface area contributed by atoms with E-state index in [9.17, 15) is 28.8 Å². The van der Waals surface area contributed by atoms with Crippen LogP contribution in [0.2, 0.25) is 0 Å². The predicted octanol–water partition coefficient (Wildman–Crippen LogP) is 1.79. The quantitative estimate of drug-likeness (QED) is 0.266. The molecule has 0 bridgehead atoms. The minimum Gasteiger partial charge on any atom is -0.497 e. The molecule has 0 radical (unpaired) electrons. The molecule has 6 atom stereocenters. The summed E-state index contributed by atoms with van der Waals surface area (Å²) in [7, 11) is 2.70. The molecule has 13 heteroatoms. The van der Waals surface area contributed by atoms with Gasteiger partial charge in [-0.3, -0.25) is 24.0 Å². The normalized spacial score (nSPS) is 22.1. The lowest BCUT2D eigenvalue weighted by atomic mass is 9.86. The zero-order valence-corrected chi connectivity index (χ0v) is 27.1. The van der Waals surface area contributed by atoms with E-state index in [0.29, 0.717) is 31.6 Å². The highest BCUT2D eigenvalue weighted by molar-refractivity contribution is 5.97. The SMILES string of the molecule is COC(=O)[C@@H](NC(=O)C1(Cc2ccc(OC)cc2)CCCN1C(=O)[C@@H]1CCCN1C(=O)[C@@H](C)[C@@H](C)OC(C)=O)[C@@H](C)OC(C)=O. The second-order valence-electron chi connectivity index (χ2n) is 11.7. The first-order valence-corrected chi connectivity index (χ1v) is 15.2. The Hall–Kier alpha value is -4.16. The van der Waals surface area contributed by atoms with Gasteiger partial charge in [0.05, 0.1) is 20.1 Å². The van der Waals surface area contributed by atoms with Crippen LogP contribution in [0.5, 0.6) is 5.75 Å². The third-order valence-electron chi connectivity index (χ3n) is 8.66. The number of methoxy groups -OCH3 is 2. The van der Waals surface area contributed by atoms with E-state index >= 15 is 0 Å². The third kappa shape index (κ3) is 8.12. The number of likely N-dealkylation sites (tertiary alicyclic amines) is 2. The molecular weight excluding hydrogens is 586 g/mol. The smallest absolute Gasteiger partial charge is 0.332 e. The second-order valence-corrected chi connectivity index (χ2v) is 11.7. The van der Waals surface area contributed by atoms with E-state index in [4.69, 9.17) is 18.9 Å². The molecule has 2 heterocycles. The average Bonchev–Trinajstić information content (AvgIpc) is 3.66. The lowest BCUT2D eigenvalue weighted by Crippen LogP contribution is -2.64. The van der Waals surface area contributed by atoms with Crippen LogP contribution in [0.3, 0.4) is 0 Å². The highest BCUT2D eigenvalue weighted by atomic mass is 16.6. The van der Waals surface area contributed by atoms with Crippen molar-refractivity contribution in [3.63, 3.8) is 0 Å². The maximum Gasteiger partial charge on any atom is 0.332 e. The molecular formula is C32H45N3O10. The van der Waals surface area contributed by atoms with Gasteiger partial charge in [0.1, 0.15) is 29.5 Å². The van der Waals surface area contributed by atoms with Crippen molar-refractivity contribution < 1.29 is 47.7 Å². The van der Waals surface area contributed by atoms with Gasteiger partial charge in [0.25, 0.3) is 0 Å². The van der Waals surface area contributed by atoms with Gasteiger partial charge in [-0.05, 0) is 57.2 Å². The van der Waals surface area contributed by atoms with Crippen LogP contribution in [0.15, 0.2) is 24.3 Å². The van der Waals surface area contributed by atoms with E-state index < -0.39 is 59.6 Å². The lowest BCUT2D eigenvalue weighted by Gasteiger charge is -2.41. The molecule has 0 saturated carbocycles. The van der Waals surface area contributed by atoms with Crippen molar-refractivity contribution in [2.75, 3.05) is 27.3 Å². The number of carbonyl (C=O) groups excluding carboxylic acids is 6. The van der Waals surface area contributed by atoms with Gasteiger partial charge in [0.15, 0.2) is 6.04 Å². The number of hydrogen-bond acceptors (Lipinski definition) is 10. The number of nitrogens with zero attached hydrogens (tertiary/aromatic N) is 2. The molecule has 1 aromatic carbocycles. The number of hydrogen-bond donors (Lipinski definition) is 1. The summed E-state index contributed by atoms with van der Waals surface area (Å²) in [5.41, 5.74) is -0.682. The van der Waals surface area contributed by atoms with Crippen LogP contribution in [0, 0.1) is 5.92 Å². The van der Waals surface area contributed by atoms with Crippen LogP contribution < -0.4 is 10.1 Å². The number of nitrogens with one attached hydrogen (secondary N) is 1. The molecule has 2 aliphatic rings. The van der Waals surface area contributed by atoms with Crippen LogP contribution in [0.4, 0.5) is 0 Å². The minimum atomic E-state index is -1.43. The minimum absolute atomic E-state index is 0.116. The second kappa shape index (κ2) is 15.2. The van der Waals surface area contributed by atoms with Crippen LogP contribution in [-0.4, -0.2) is 103 Å². The summed E-state index contributed by atoms with van der Waals surface area (Å²) in [5, 5.41) is 2.72. The largest absolute Gasteiger partial charge is 0.497 e. The number of esters is 3. The fourth-order valence-corrected chi connectivity index (χ4v) is 6.17. The molecule has 45 heavy (non-hydrogen) atoms. The van der Waals surface area contributed by atoms with E-state index in [1.54, 1.807) is 45.2 Å². The molecule has 2 saturated heterocycles. The van der Waals surface area contributed by atoms with Gasteiger partial charge in [0, 0.05) is 33.4 Å². The Balaban J connectivity index is 1.99. The van der Waals surface area contributed by atoms with Crippen LogP contribution in [0.25, 0.3) is 0 Å². The molecule has 2 aliphatic heterocycles. The number of rotatable bonds is 12. The summed E-state index contributed by atoms with van der Waals surface area (Å²) < 4.78 is 20.6. The third-order valence-corrected chi connectivity index (χ3v) is 8.66. The average molecular weight is 632 g/mol. The Bertz CT molecular complexity index is 1270. The fourth-order valence-electron chi connectivity index (χ4n) is 6.17. The molecule has 13 nitrogen and oxygen atoms in total. The van der Waals surface area contributed by atoms with Gasteiger partial charge in [-0.2, -0.15) is 0 Å². The highest BCUT2D eigenvalue weighted by Crippen LogP contribution is 2.37. The summed E-state index contributed by atoms with van der Waals surface area (Å²) in [5.74, 6) is -3.31. The first kappa shape index (κ1) is 35.3. The Morgan fingerprint density at radius 2 is 1.53 bits per heavy atom. The Morgan fingerprint density at radius 1 is 0.911 bits per heavy atom. The van der Waals surface area contributed by atoms with E-state index in [0.717, 1.165) is 12.7 Å². The lowest BCUT2D eigenvalue weighted by molar-refractivity contribution is -0.160. The molecule has 0 aliphatic carbocycles. The molecule has 1 N–H and O–H groups in total. The molecule has 0 aromatic heterocycles. The maximum atomic E-state index is 14.4. The Labute approximate surface area is 263 Å². The molecule has 2 fully saturated rings. The van der Waals surface area contributed by atoms with Gasteiger partial charge in [-0.1, -0.05) is 19.1 Å². The summed E-state index contributed by atoms with van der Waals surface area (Å²) in [4.78, 5) is 81.2. The van der Waals surface area contributed by atoms with E-state index in [-0.39, 0.29) is 31.2 Å². The van der Waals surface area contributed by atoms with Crippen molar-refractivity contribution >= 4 is 35.6 Å². The predicted molar refractivity (Wildman–Crippen MR) is 161 cm³/mol. The van der Waals surface area contributed by atoms with Gasteiger partial charge in [-0.15, -0.1) is 0 Å². The zero-order valence-electron chi connectivity index (χ0n) is 27.1. The standard InChI is InChI=1S/C32H45N3O10/c1-19(20(2)44-22(4)36)28(38)34-16-8-10-26(34)29(39)35-17-9-15-32(35,18-24-11-13-25(42-6)14-12-24)31(41)33-27(30(40)43-7)21(3)45-23(5)37/h11-14,19-21,26-27H,8-10,15-18H2,1-7H3,(H,33,41)/t19-,20+,21+,26-,27-,32?/m0/s1. The molecule has 1 unspecified atom stereocenters. The Kier molecular flexibility index (Phi) is 11.9. The van der Waals surface area contributed by atoms with E-state index in [2.05, 4.69) is 5.32 Å².